The van der Waals surface area contributed by atoms with Crippen LogP contribution in [0.3, 0.4) is 0 Å². The molecule has 0 bridgehead atoms. The van der Waals surface area contributed by atoms with Crippen LogP contribution in [0.15, 0.2) is 54.6 Å². The number of hydrogen-bond acceptors (Lipinski definition) is 3. The number of fused-ring (bicyclic) bond motifs is 1. The molecule has 0 saturated heterocycles. The van der Waals surface area contributed by atoms with Crippen LogP contribution in [0.5, 0.6) is 0 Å². The Morgan fingerprint density at radius 1 is 1.00 bits per heavy atom. The molecule has 5 heteroatoms. The maximum absolute atomic E-state index is 12.6. The van der Waals surface area contributed by atoms with Gasteiger partial charge in [-0.25, -0.2) is 0 Å². The molecule has 1 heterocycles. The highest BCUT2D eigenvalue weighted by atomic mass is 35.5. The summed E-state index contributed by atoms with van der Waals surface area (Å²) in [5.74, 6) is -1.87. The minimum atomic E-state index is -2.23. The van der Waals surface area contributed by atoms with E-state index in [0.29, 0.717) is 11.4 Å². The van der Waals surface area contributed by atoms with Gasteiger partial charge in [0, 0.05) is 11.3 Å². The molecule has 1 atom stereocenters. The number of Topliss-reactive ketones (excluding diaryl/α,β-unsaturated/α-hetero) is 1. The van der Waals surface area contributed by atoms with Crippen molar-refractivity contribution >= 4 is 34.7 Å². The standard InChI is InChI=1S/C16H12ClNO3/c17-10-16(21)14(19)12-8-4-5-9-13(12)18(15(16)20)11-6-2-1-3-7-11/h1-9,21H,10H2. The Kier molecular flexibility index (Phi) is 3.27. The number of halogens is 1. The topological polar surface area (TPSA) is 57.6 Å². The van der Waals surface area contributed by atoms with Crippen LogP contribution in [-0.2, 0) is 4.79 Å². The number of hydrogen-bond donors (Lipinski definition) is 1. The van der Waals surface area contributed by atoms with Crippen LogP contribution in [0.25, 0.3) is 0 Å². The molecule has 0 saturated carbocycles. The van der Waals surface area contributed by atoms with Gasteiger partial charge in [0.15, 0.2) is 0 Å². The Hall–Kier alpha value is -2.17. The molecule has 4 nitrogen and oxygen atoms in total. The Morgan fingerprint density at radius 2 is 1.62 bits per heavy atom. The molecule has 0 spiro atoms. The molecule has 2 aromatic rings. The maximum Gasteiger partial charge on any atom is 0.272 e. The second kappa shape index (κ2) is 4.98. The molecule has 2 aromatic carbocycles. The molecule has 1 amide bonds. The number of aliphatic hydroxyl groups is 1. The van der Waals surface area contributed by atoms with Crippen LogP contribution < -0.4 is 4.90 Å². The van der Waals surface area contributed by atoms with Crippen LogP contribution in [0.1, 0.15) is 10.4 Å². The van der Waals surface area contributed by atoms with E-state index >= 15 is 0 Å². The van der Waals surface area contributed by atoms with Gasteiger partial charge in [-0.1, -0.05) is 30.3 Å². The lowest BCUT2D eigenvalue weighted by atomic mass is 9.87. The molecular weight excluding hydrogens is 290 g/mol. The lowest BCUT2D eigenvalue weighted by Gasteiger charge is -2.37. The van der Waals surface area contributed by atoms with Gasteiger partial charge in [-0.15, -0.1) is 11.6 Å². The zero-order valence-electron chi connectivity index (χ0n) is 11.0. The highest BCUT2D eigenvalue weighted by molar-refractivity contribution is 6.34. The Morgan fingerprint density at radius 3 is 2.29 bits per heavy atom. The van der Waals surface area contributed by atoms with E-state index < -0.39 is 23.2 Å². The Bertz CT molecular complexity index is 716. The van der Waals surface area contributed by atoms with E-state index in [9.17, 15) is 14.7 Å². The minimum Gasteiger partial charge on any atom is -0.372 e. The Labute approximate surface area is 126 Å². The second-order valence-corrected chi connectivity index (χ2v) is 5.08. The first kappa shape index (κ1) is 13.8. The van der Waals surface area contributed by atoms with Crippen molar-refractivity contribution in [3.63, 3.8) is 0 Å². The minimum absolute atomic E-state index is 0.282. The van der Waals surface area contributed by atoms with Gasteiger partial charge in [0.05, 0.1) is 11.6 Å². The first-order chi connectivity index (χ1) is 10.1. The number of nitrogens with zero attached hydrogens (tertiary/aromatic N) is 1. The fraction of sp³-hybridized carbons (Fsp3) is 0.125. The van der Waals surface area contributed by atoms with Crippen LogP contribution >= 0.6 is 11.6 Å². The summed E-state index contributed by atoms with van der Waals surface area (Å²) in [7, 11) is 0. The number of carbonyl (C=O) groups is 2. The predicted octanol–water partition coefficient (Wildman–Crippen LogP) is 2.52. The first-order valence-electron chi connectivity index (χ1n) is 6.41. The molecule has 0 fully saturated rings. The summed E-state index contributed by atoms with van der Waals surface area (Å²) in [5, 5.41) is 10.4. The van der Waals surface area contributed by atoms with E-state index in [0.717, 1.165) is 0 Å². The first-order valence-corrected chi connectivity index (χ1v) is 6.95. The number of ketones is 1. The number of carbonyl (C=O) groups excluding carboxylic acids is 2. The summed E-state index contributed by atoms with van der Waals surface area (Å²) < 4.78 is 0. The number of rotatable bonds is 2. The lowest BCUT2D eigenvalue weighted by Crippen LogP contribution is -2.58. The third-order valence-electron chi connectivity index (χ3n) is 3.53. The largest absolute Gasteiger partial charge is 0.372 e. The van der Waals surface area contributed by atoms with Gasteiger partial charge in [-0.05, 0) is 24.3 Å². The lowest BCUT2D eigenvalue weighted by molar-refractivity contribution is -0.130. The predicted molar refractivity (Wildman–Crippen MR) is 80.0 cm³/mol. The molecule has 1 aliphatic rings. The van der Waals surface area contributed by atoms with Crippen molar-refractivity contribution in [3.05, 3.63) is 60.2 Å². The Balaban J connectivity index is 2.26. The average molecular weight is 302 g/mol. The molecule has 106 valence electrons. The monoisotopic (exact) mass is 301 g/mol. The number of amides is 1. The molecule has 0 radical (unpaired) electrons. The second-order valence-electron chi connectivity index (χ2n) is 4.82. The summed E-state index contributed by atoms with van der Waals surface area (Å²) in [4.78, 5) is 26.3. The third kappa shape index (κ3) is 1.95. The van der Waals surface area contributed by atoms with Gasteiger partial charge in [-0.2, -0.15) is 0 Å². The van der Waals surface area contributed by atoms with Crippen LogP contribution in [-0.4, -0.2) is 28.3 Å². The van der Waals surface area contributed by atoms with Crippen LogP contribution in [0, 0.1) is 0 Å². The van der Waals surface area contributed by atoms with Crippen molar-refractivity contribution in [3.8, 4) is 0 Å². The molecule has 1 N–H and O–H groups in total. The van der Waals surface area contributed by atoms with Crippen molar-refractivity contribution in [1.82, 2.24) is 0 Å². The quantitative estimate of drug-likeness (QED) is 0.685. The van der Waals surface area contributed by atoms with Crippen LogP contribution in [0.4, 0.5) is 11.4 Å². The van der Waals surface area contributed by atoms with Crippen LogP contribution in [0.2, 0.25) is 0 Å². The summed E-state index contributed by atoms with van der Waals surface area (Å²) in [6.45, 7) is 0. The van der Waals surface area contributed by atoms with Crippen molar-refractivity contribution in [1.29, 1.82) is 0 Å². The molecule has 21 heavy (non-hydrogen) atoms. The van der Waals surface area contributed by atoms with E-state index in [4.69, 9.17) is 11.6 Å². The van der Waals surface area contributed by atoms with Crippen molar-refractivity contribution in [2.45, 2.75) is 5.60 Å². The number of anilines is 2. The summed E-state index contributed by atoms with van der Waals surface area (Å²) in [6.07, 6.45) is 0. The van der Waals surface area contributed by atoms with E-state index in [2.05, 4.69) is 0 Å². The smallest absolute Gasteiger partial charge is 0.272 e. The van der Waals surface area contributed by atoms with Crippen molar-refractivity contribution in [2.24, 2.45) is 0 Å². The number of para-hydroxylation sites is 2. The summed E-state index contributed by atoms with van der Waals surface area (Å²) in [5.41, 5.74) is -0.922. The van der Waals surface area contributed by atoms with E-state index in [1.807, 2.05) is 6.07 Å². The highest BCUT2D eigenvalue weighted by Crippen LogP contribution is 2.38. The van der Waals surface area contributed by atoms with E-state index in [1.165, 1.54) is 4.90 Å². The SMILES string of the molecule is O=C1c2ccccc2N(c2ccccc2)C(=O)C1(O)CCl. The molecular formula is C16H12ClNO3. The fourth-order valence-corrected chi connectivity index (χ4v) is 2.66. The van der Waals surface area contributed by atoms with Crippen molar-refractivity contribution in [2.75, 3.05) is 10.8 Å². The molecule has 0 aromatic heterocycles. The van der Waals surface area contributed by atoms with Gasteiger partial charge < -0.3 is 5.11 Å². The normalized spacial score (nSPS) is 21.3. The van der Waals surface area contributed by atoms with Gasteiger partial charge in [0.1, 0.15) is 0 Å². The van der Waals surface area contributed by atoms with E-state index in [-0.39, 0.29) is 5.56 Å². The zero-order valence-corrected chi connectivity index (χ0v) is 11.7. The van der Waals surface area contributed by atoms with Gasteiger partial charge >= 0.3 is 0 Å². The zero-order chi connectivity index (χ0) is 15.0. The summed E-state index contributed by atoms with van der Waals surface area (Å²) in [6, 6.07) is 15.5. The number of alkyl halides is 1. The fourth-order valence-electron chi connectivity index (χ4n) is 2.43. The van der Waals surface area contributed by atoms with Gasteiger partial charge in [-0.3, -0.25) is 14.5 Å². The molecule has 3 rings (SSSR count). The highest BCUT2D eigenvalue weighted by Gasteiger charge is 2.51. The summed E-state index contributed by atoms with van der Waals surface area (Å²) >= 11 is 5.71. The average Bonchev–Trinajstić information content (AvgIpc) is 2.54. The number of benzene rings is 2. The van der Waals surface area contributed by atoms with Crippen molar-refractivity contribution < 1.29 is 14.7 Å². The van der Waals surface area contributed by atoms with Gasteiger partial charge in [0.25, 0.3) is 5.91 Å². The molecule has 1 aliphatic heterocycles. The van der Waals surface area contributed by atoms with Gasteiger partial charge in [0.2, 0.25) is 11.4 Å². The third-order valence-corrected chi connectivity index (χ3v) is 3.92. The maximum atomic E-state index is 12.6. The van der Waals surface area contributed by atoms with E-state index in [1.54, 1.807) is 48.5 Å². The molecule has 0 aliphatic carbocycles. The molecule has 1 unspecified atom stereocenters.